The lowest BCUT2D eigenvalue weighted by Crippen LogP contribution is -2.49. The van der Waals surface area contributed by atoms with E-state index >= 15 is 0 Å². The fourth-order valence-electron chi connectivity index (χ4n) is 8.06. The molecular weight excluding hydrogens is 628 g/mol. The number of aliphatic hydroxyl groups is 2. The van der Waals surface area contributed by atoms with Gasteiger partial charge in [-0.3, -0.25) is 4.79 Å². The van der Waals surface area contributed by atoms with Crippen LogP contribution in [-0.4, -0.2) is 73.5 Å². The van der Waals surface area contributed by atoms with Gasteiger partial charge in [0.05, 0.1) is 6.26 Å². The minimum Gasteiger partial charge on any atom is -0.465 e. The molecule has 2 aliphatic heterocycles. The van der Waals surface area contributed by atoms with Crippen LogP contribution in [-0.2, 0) is 0 Å². The standard InChI is InChI=1S/C22H23NO3.C17H18ClNO3/c1-16-5-2-6-17(15-16)9-12-22(25)11-3-7-19-18(22)10-13-23(19)21(24)20-8-4-14-26-20;18-13-4-1-3-12(11-13)6-9-17(22)8-2-5-15-14(17)7-10-19(15)16(20)21/h2,4-6,8,14-15,18-19,25H,3,7,10-11,13H2,1H3;1,3-4,11,14-15,22H,2,5,7-8,10H2,(H,20,21)/t18-,19-,22-;/m1./s1. The third kappa shape index (κ3) is 7.12. The minimum absolute atomic E-state index is 0.00697. The van der Waals surface area contributed by atoms with E-state index in [4.69, 9.17) is 16.0 Å². The normalized spacial score (nSPS) is 28.8. The Morgan fingerprint density at radius 1 is 0.812 bits per heavy atom. The van der Waals surface area contributed by atoms with Crippen molar-refractivity contribution in [2.75, 3.05) is 13.1 Å². The number of hydrogen-bond donors (Lipinski definition) is 3. The number of halogens is 1. The Labute approximate surface area is 286 Å². The van der Waals surface area contributed by atoms with Gasteiger partial charge in [-0.25, -0.2) is 4.79 Å². The summed E-state index contributed by atoms with van der Waals surface area (Å²) < 4.78 is 5.27. The molecule has 6 atom stereocenters. The molecule has 0 bridgehead atoms. The zero-order valence-corrected chi connectivity index (χ0v) is 27.8. The van der Waals surface area contributed by atoms with Gasteiger partial charge in [0.1, 0.15) is 11.2 Å². The summed E-state index contributed by atoms with van der Waals surface area (Å²) in [6.45, 7) is 3.15. The van der Waals surface area contributed by atoms with Crippen LogP contribution in [0, 0.1) is 42.4 Å². The van der Waals surface area contributed by atoms with Crippen molar-refractivity contribution in [1.29, 1.82) is 0 Å². The lowest BCUT2D eigenvalue weighted by atomic mass is 9.72. The third-order valence-corrected chi connectivity index (χ3v) is 10.6. The highest BCUT2D eigenvalue weighted by Crippen LogP contribution is 2.44. The van der Waals surface area contributed by atoms with E-state index in [1.807, 2.05) is 48.2 Å². The molecule has 2 amide bonds. The molecule has 48 heavy (non-hydrogen) atoms. The van der Waals surface area contributed by atoms with Crippen LogP contribution in [0.1, 0.15) is 78.6 Å². The monoisotopic (exact) mass is 668 g/mol. The summed E-state index contributed by atoms with van der Waals surface area (Å²) in [6, 6.07) is 18.5. The summed E-state index contributed by atoms with van der Waals surface area (Å²) in [4.78, 5) is 27.3. The molecule has 2 saturated carbocycles. The molecule has 8 nitrogen and oxygen atoms in total. The molecule has 250 valence electrons. The lowest BCUT2D eigenvalue weighted by molar-refractivity contribution is -0.0134. The van der Waals surface area contributed by atoms with E-state index in [2.05, 4.69) is 23.7 Å². The second-order valence-corrected chi connectivity index (χ2v) is 13.8. The van der Waals surface area contributed by atoms with Crippen molar-refractivity contribution in [2.24, 2.45) is 11.8 Å². The number of furan rings is 1. The van der Waals surface area contributed by atoms with E-state index in [1.54, 1.807) is 24.3 Å². The summed E-state index contributed by atoms with van der Waals surface area (Å²) in [7, 11) is 0. The number of amides is 2. The van der Waals surface area contributed by atoms with Crippen LogP contribution in [0.5, 0.6) is 0 Å². The van der Waals surface area contributed by atoms with Gasteiger partial charge in [0.2, 0.25) is 0 Å². The second-order valence-electron chi connectivity index (χ2n) is 13.4. The van der Waals surface area contributed by atoms with Crippen LogP contribution in [0.3, 0.4) is 0 Å². The summed E-state index contributed by atoms with van der Waals surface area (Å²) >= 11 is 5.94. The number of carboxylic acid groups (broad SMARTS) is 1. The first-order valence-corrected chi connectivity index (χ1v) is 17.1. The van der Waals surface area contributed by atoms with Gasteiger partial charge >= 0.3 is 6.09 Å². The number of fused-ring (bicyclic) bond motifs is 2. The quantitative estimate of drug-likeness (QED) is 0.260. The second kappa shape index (κ2) is 14.1. The predicted octanol–water partition coefficient (Wildman–Crippen LogP) is 6.36. The molecule has 7 rings (SSSR count). The zero-order chi connectivity index (χ0) is 33.9. The zero-order valence-electron chi connectivity index (χ0n) is 27.1. The molecule has 2 aromatic carbocycles. The van der Waals surface area contributed by atoms with Crippen molar-refractivity contribution in [1.82, 2.24) is 9.80 Å². The van der Waals surface area contributed by atoms with Gasteiger partial charge < -0.3 is 29.5 Å². The van der Waals surface area contributed by atoms with Gasteiger partial charge in [-0.1, -0.05) is 53.5 Å². The SMILES string of the molecule is Cc1cccc(C#C[C@]2(O)CCC[C@@H]3[C@H]2CCN3C(=O)c2ccco2)c1.O=C(O)N1CCC2C1CCCC2(O)C#Cc1cccc(Cl)c1. The van der Waals surface area contributed by atoms with Gasteiger partial charge in [-0.2, -0.15) is 0 Å². The number of benzene rings is 2. The Morgan fingerprint density at radius 3 is 1.96 bits per heavy atom. The smallest absolute Gasteiger partial charge is 0.407 e. The molecule has 4 fully saturated rings. The van der Waals surface area contributed by atoms with E-state index in [9.17, 15) is 24.9 Å². The Bertz CT molecular complexity index is 1770. The first-order chi connectivity index (χ1) is 23.1. The molecular formula is C39H41ClN2O6. The van der Waals surface area contributed by atoms with E-state index in [0.717, 1.165) is 48.8 Å². The van der Waals surface area contributed by atoms with Gasteiger partial charge in [-0.05, 0) is 106 Å². The Kier molecular flexibility index (Phi) is 9.90. The Hall–Kier alpha value is -4.21. The number of aryl methyl sites for hydroxylation is 1. The first kappa shape index (κ1) is 33.7. The molecule has 3 aromatic rings. The Morgan fingerprint density at radius 2 is 1.40 bits per heavy atom. The number of likely N-dealkylation sites (tertiary alicyclic amines) is 2. The summed E-state index contributed by atoms with van der Waals surface area (Å²) in [5.41, 5.74) is 0.680. The highest BCUT2D eigenvalue weighted by Gasteiger charge is 2.51. The average molecular weight is 669 g/mol. The molecule has 1 aromatic heterocycles. The lowest BCUT2D eigenvalue weighted by Gasteiger charge is -2.40. The fraction of sp³-hybridized carbons (Fsp3) is 0.436. The van der Waals surface area contributed by atoms with Crippen LogP contribution in [0.25, 0.3) is 0 Å². The number of nitrogens with zero attached hydrogens (tertiary/aromatic N) is 2. The molecule has 4 aliphatic rings. The number of hydrogen-bond acceptors (Lipinski definition) is 5. The van der Waals surface area contributed by atoms with E-state index in [-0.39, 0.29) is 29.8 Å². The molecule has 2 aliphatic carbocycles. The molecule has 0 spiro atoms. The minimum atomic E-state index is -1.12. The highest BCUT2D eigenvalue weighted by atomic mass is 35.5. The van der Waals surface area contributed by atoms with Crippen LogP contribution in [0.2, 0.25) is 5.02 Å². The van der Waals surface area contributed by atoms with Gasteiger partial charge in [0.25, 0.3) is 5.91 Å². The summed E-state index contributed by atoms with van der Waals surface area (Å²) in [6.07, 6.45) is 6.67. The predicted molar refractivity (Wildman–Crippen MR) is 182 cm³/mol. The van der Waals surface area contributed by atoms with Crippen LogP contribution < -0.4 is 0 Å². The van der Waals surface area contributed by atoms with Gasteiger partial charge in [-0.15, -0.1) is 0 Å². The third-order valence-electron chi connectivity index (χ3n) is 10.4. The van der Waals surface area contributed by atoms with Crippen LogP contribution >= 0.6 is 11.6 Å². The number of rotatable bonds is 1. The van der Waals surface area contributed by atoms with Crippen molar-refractivity contribution < 1.29 is 29.3 Å². The molecule has 0 radical (unpaired) electrons. The van der Waals surface area contributed by atoms with Crippen LogP contribution in [0.15, 0.2) is 71.3 Å². The van der Waals surface area contributed by atoms with E-state index in [0.29, 0.717) is 43.1 Å². The molecule has 3 N–H and O–H groups in total. The average Bonchev–Trinajstić information content (AvgIpc) is 3.85. The van der Waals surface area contributed by atoms with Crippen molar-refractivity contribution in [2.45, 2.75) is 81.6 Å². The van der Waals surface area contributed by atoms with Gasteiger partial charge in [0, 0.05) is 53.2 Å². The summed E-state index contributed by atoms with van der Waals surface area (Å²) in [5, 5.41) is 32.1. The summed E-state index contributed by atoms with van der Waals surface area (Å²) in [5.74, 6) is 12.5. The topological polar surface area (TPSA) is 114 Å². The van der Waals surface area contributed by atoms with E-state index in [1.165, 1.54) is 11.2 Å². The fourth-order valence-corrected chi connectivity index (χ4v) is 8.25. The molecule has 3 heterocycles. The number of carbonyl (C=O) groups excluding carboxylic acids is 1. The number of carbonyl (C=O) groups is 2. The molecule has 9 heteroatoms. The van der Waals surface area contributed by atoms with E-state index < -0.39 is 17.3 Å². The molecule has 2 saturated heterocycles. The largest absolute Gasteiger partial charge is 0.465 e. The van der Waals surface area contributed by atoms with Crippen molar-refractivity contribution in [3.63, 3.8) is 0 Å². The highest BCUT2D eigenvalue weighted by molar-refractivity contribution is 6.30. The Balaban J connectivity index is 0.000000170. The first-order valence-electron chi connectivity index (χ1n) is 16.7. The molecule has 3 unspecified atom stereocenters. The maximum atomic E-state index is 12.7. The maximum Gasteiger partial charge on any atom is 0.407 e. The van der Waals surface area contributed by atoms with Crippen molar-refractivity contribution in [3.05, 3.63) is 94.4 Å². The van der Waals surface area contributed by atoms with Crippen LogP contribution in [0.4, 0.5) is 4.79 Å². The van der Waals surface area contributed by atoms with Gasteiger partial charge in [0.15, 0.2) is 5.76 Å². The van der Waals surface area contributed by atoms with Crippen molar-refractivity contribution in [3.8, 4) is 23.7 Å². The van der Waals surface area contributed by atoms with Crippen molar-refractivity contribution >= 4 is 23.6 Å². The maximum absolute atomic E-state index is 12.7.